The maximum absolute atomic E-state index is 9.10. The van der Waals surface area contributed by atoms with Gasteiger partial charge in [-0.15, -0.1) is 0 Å². The summed E-state index contributed by atoms with van der Waals surface area (Å²) >= 11 is 0. The minimum Gasteiger partial charge on any atom is -0.392 e. The van der Waals surface area contributed by atoms with Crippen LogP contribution in [0, 0.1) is 0 Å². The summed E-state index contributed by atoms with van der Waals surface area (Å²) in [6, 6.07) is 7.98. The van der Waals surface area contributed by atoms with Crippen LogP contribution >= 0.6 is 0 Å². The number of aliphatic hydroxyl groups is 1. The van der Waals surface area contributed by atoms with Crippen LogP contribution in [0.25, 0.3) is 0 Å². The van der Waals surface area contributed by atoms with E-state index in [4.69, 9.17) is 5.11 Å². The Kier molecular flexibility index (Phi) is 5.12. The first-order valence-electron chi connectivity index (χ1n) is 6.73. The van der Waals surface area contributed by atoms with Gasteiger partial charge in [-0.2, -0.15) is 0 Å². The van der Waals surface area contributed by atoms with E-state index in [0.717, 1.165) is 37.4 Å². The van der Waals surface area contributed by atoms with E-state index < -0.39 is 0 Å². The van der Waals surface area contributed by atoms with E-state index >= 15 is 0 Å². The molecule has 1 heterocycles. The molecule has 0 spiro atoms. The largest absolute Gasteiger partial charge is 0.392 e. The standard InChI is InChI=1S/C15H21N3O/c1-2-7-18-8-6-17-15(18)11-16-10-13-4-3-5-14(9-13)12-19/h3-6,8-9,16,19H,2,7,10-12H2,1H3. The van der Waals surface area contributed by atoms with Crippen LogP contribution in [0.15, 0.2) is 36.7 Å². The average Bonchev–Trinajstić information content (AvgIpc) is 2.87. The second-order valence-corrected chi connectivity index (χ2v) is 4.62. The van der Waals surface area contributed by atoms with Crippen LogP contribution in [0.4, 0.5) is 0 Å². The number of aromatic nitrogens is 2. The summed E-state index contributed by atoms with van der Waals surface area (Å²) < 4.78 is 2.18. The van der Waals surface area contributed by atoms with Crippen LogP contribution in [-0.4, -0.2) is 14.7 Å². The van der Waals surface area contributed by atoms with Gasteiger partial charge in [-0.1, -0.05) is 31.2 Å². The van der Waals surface area contributed by atoms with E-state index in [1.54, 1.807) is 0 Å². The summed E-state index contributed by atoms with van der Waals surface area (Å²) in [5.41, 5.74) is 2.13. The Labute approximate surface area is 114 Å². The van der Waals surface area contributed by atoms with E-state index in [2.05, 4.69) is 27.9 Å². The molecule has 0 aliphatic carbocycles. The van der Waals surface area contributed by atoms with Gasteiger partial charge in [0.25, 0.3) is 0 Å². The molecule has 1 aromatic heterocycles. The molecule has 0 atom stereocenters. The molecule has 0 radical (unpaired) electrons. The van der Waals surface area contributed by atoms with Crippen molar-refractivity contribution in [1.82, 2.24) is 14.9 Å². The second-order valence-electron chi connectivity index (χ2n) is 4.62. The van der Waals surface area contributed by atoms with Crippen molar-refractivity contribution in [3.63, 3.8) is 0 Å². The van der Waals surface area contributed by atoms with Gasteiger partial charge in [-0.3, -0.25) is 0 Å². The first-order chi connectivity index (χ1) is 9.33. The van der Waals surface area contributed by atoms with E-state index in [0.29, 0.717) is 0 Å². The van der Waals surface area contributed by atoms with Gasteiger partial charge in [0.2, 0.25) is 0 Å². The summed E-state index contributed by atoms with van der Waals surface area (Å²) in [4.78, 5) is 4.36. The van der Waals surface area contributed by atoms with Crippen molar-refractivity contribution in [2.75, 3.05) is 0 Å². The van der Waals surface area contributed by atoms with E-state index in [9.17, 15) is 0 Å². The average molecular weight is 259 g/mol. The lowest BCUT2D eigenvalue weighted by Gasteiger charge is -2.08. The van der Waals surface area contributed by atoms with Crippen molar-refractivity contribution < 1.29 is 5.11 Å². The highest BCUT2D eigenvalue weighted by Gasteiger charge is 2.01. The number of aryl methyl sites for hydroxylation is 1. The molecule has 0 aliphatic heterocycles. The van der Waals surface area contributed by atoms with E-state index in [1.807, 2.05) is 30.6 Å². The van der Waals surface area contributed by atoms with Gasteiger partial charge >= 0.3 is 0 Å². The van der Waals surface area contributed by atoms with Crippen molar-refractivity contribution in [3.05, 3.63) is 53.6 Å². The number of hydrogen-bond acceptors (Lipinski definition) is 3. The SMILES string of the molecule is CCCn1ccnc1CNCc1cccc(CO)c1. The van der Waals surface area contributed by atoms with Gasteiger partial charge in [-0.25, -0.2) is 4.98 Å². The minimum atomic E-state index is 0.0920. The van der Waals surface area contributed by atoms with Crippen LogP contribution in [0.1, 0.15) is 30.3 Å². The topological polar surface area (TPSA) is 50.1 Å². The highest BCUT2D eigenvalue weighted by Crippen LogP contribution is 2.05. The van der Waals surface area contributed by atoms with Crippen LogP contribution in [-0.2, 0) is 26.2 Å². The Hall–Kier alpha value is -1.65. The predicted molar refractivity (Wildman–Crippen MR) is 75.4 cm³/mol. The second kappa shape index (κ2) is 7.07. The third kappa shape index (κ3) is 3.91. The summed E-state index contributed by atoms with van der Waals surface area (Å²) in [6.07, 6.45) is 4.98. The highest BCUT2D eigenvalue weighted by atomic mass is 16.3. The normalized spacial score (nSPS) is 10.8. The lowest BCUT2D eigenvalue weighted by molar-refractivity contribution is 0.281. The maximum Gasteiger partial charge on any atom is 0.122 e. The van der Waals surface area contributed by atoms with Crippen molar-refractivity contribution in [3.8, 4) is 0 Å². The molecule has 0 bridgehead atoms. The van der Waals surface area contributed by atoms with Crippen LogP contribution in [0.5, 0.6) is 0 Å². The van der Waals surface area contributed by atoms with Gasteiger partial charge in [0, 0.05) is 25.5 Å². The summed E-state index contributed by atoms with van der Waals surface area (Å²) in [6.45, 7) is 4.81. The molecule has 2 N–H and O–H groups in total. The lowest BCUT2D eigenvalue weighted by Crippen LogP contribution is -2.16. The molecular formula is C15H21N3O. The number of nitrogens with zero attached hydrogens (tertiary/aromatic N) is 2. The van der Waals surface area contributed by atoms with Crippen LogP contribution < -0.4 is 5.32 Å². The van der Waals surface area contributed by atoms with Crippen LogP contribution in [0.3, 0.4) is 0 Å². The fraction of sp³-hybridized carbons (Fsp3) is 0.400. The Balaban J connectivity index is 1.87. The summed E-state index contributed by atoms with van der Waals surface area (Å²) in [5, 5.41) is 12.5. The fourth-order valence-electron chi connectivity index (χ4n) is 2.11. The Morgan fingerprint density at radius 3 is 2.89 bits per heavy atom. The molecule has 4 heteroatoms. The molecule has 1 aromatic carbocycles. The van der Waals surface area contributed by atoms with E-state index in [1.165, 1.54) is 5.56 Å². The third-order valence-electron chi connectivity index (χ3n) is 3.05. The first-order valence-corrected chi connectivity index (χ1v) is 6.73. The number of nitrogens with one attached hydrogen (secondary N) is 1. The summed E-state index contributed by atoms with van der Waals surface area (Å²) in [7, 11) is 0. The van der Waals surface area contributed by atoms with Crippen LogP contribution in [0.2, 0.25) is 0 Å². The van der Waals surface area contributed by atoms with Gasteiger partial charge in [-0.05, 0) is 17.5 Å². The number of aliphatic hydroxyl groups excluding tert-OH is 1. The number of rotatable bonds is 7. The smallest absolute Gasteiger partial charge is 0.122 e. The fourth-order valence-corrected chi connectivity index (χ4v) is 2.11. The molecule has 0 unspecified atom stereocenters. The number of imidazole rings is 1. The highest BCUT2D eigenvalue weighted by molar-refractivity contribution is 5.22. The molecule has 19 heavy (non-hydrogen) atoms. The zero-order chi connectivity index (χ0) is 13.5. The minimum absolute atomic E-state index is 0.0920. The molecule has 2 rings (SSSR count). The molecule has 0 fully saturated rings. The third-order valence-corrected chi connectivity index (χ3v) is 3.05. The molecule has 0 aliphatic rings. The zero-order valence-corrected chi connectivity index (χ0v) is 11.3. The lowest BCUT2D eigenvalue weighted by atomic mass is 10.1. The quantitative estimate of drug-likeness (QED) is 0.800. The number of benzene rings is 1. The van der Waals surface area contributed by atoms with Gasteiger partial charge in [0.05, 0.1) is 13.2 Å². The Bertz CT molecular complexity index is 508. The molecule has 2 aromatic rings. The summed E-state index contributed by atoms with van der Waals surface area (Å²) in [5.74, 6) is 1.07. The van der Waals surface area contributed by atoms with Crippen molar-refractivity contribution in [1.29, 1.82) is 0 Å². The molecule has 0 amide bonds. The van der Waals surface area contributed by atoms with Crippen molar-refractivity contribution >= 4 is 0 Å². The van der Waals surface area contributed by atoms with Gasteiger partial charge in [0.15, 0.2) is 0 Å². The van der Waals surface area contributed by atoms with Gasteiger partial charge < -0.3 is 15.0 Å². The predicted octanol–water partition coefficient (Wildman–Crippen LogP) is 2.08. The zero-order valence-electron chi connectivity index (χ0n) is 11.3. The maximum atomic E-state index is 9.10. The molecule has 102 valence electrons. The van der Waals surface area contributed by atoms with Crippen molar-refractivity contribution in [2.45, 2.75) is 39.6 Å². The molecular weight excluding hydrogens is 238 g/mol. The molecule has 4 nitrogen and oxygen atoms in total. The monoisotopic (exact) mass is 259 g/mol. The van der Waals surface area contributed by atoms with Gasteiger partial charge in [0.1, 0.15) is 5.82 Å². The Morgan fingerprint density at radius 1 is 1.26 bits per heavy atom. The molecule has 0 saturated heterocycles. The first kappa shape index (κ1) is 13.8. The van der Waals surface area contributed by atoms with Crippen molar-refractivity contribution in [2.24, 2.45) is 0 Å². The van der Waals surface area contributed by atoms with E-state index in [-0.39, 0.29) is 6.61 Å². The Morgan fingerprint density at radius 2 is 2.11 bits per heavy atom. The molecule has 0 saturated carbocycles. The number of hydrogen-bond donors (Lipinski definition) is 2.